The molecular formula is C15H18N2O3. The molecule has 2 rings (SSSR count). The number of amides is 1. The van der Waals surface area contributed by atoms with E-state index >= 15 is 0 Å². The summed E-state index contributed by atoms with van der Waals surface area (Å²) in [5.41, 5.74) is 1.52. The van der Waals surface area contributed by atoms with E-state index in [0.29, 0.717) is 0 Å². The molecule has 0 spiro atoms. The van der Waals surface area contributed by atoms with E-state index in [9.17, 15) is 9.59 Å². The average molecular weight is 274 g/mol. The van der Waals surface area contributed by atoms with Gasteiger partial charge in [0.05, 0.1) is 0 Å². The van der Waals surface area contributed by atoms with Crippen molar-refractivity contribution in [2.75, 3.05) is 18.4 Å². The fraction of sp³-hybridized carbons (Fsp3) is 0.333. The molecule has 0 saturated carbocycles. The second-order valence-electron chi connectivity index (χ2n) is 4.81. The van der Waals surface area contributed by atoms with Crippen LogP contribution in [0.2, 0.25) is 0 Å². The number of aliphatic carboxylic acids is 1. The van der Waals surface area contributed by atoms with Gasteiger partial charge in [-0.2, -0.15) is 0 Å². The molecule has 3 N–H and O–H groups in total. The summed E-state index contributed by atoms with van der Waals surface area (Å²) < 4.78 is 0. The van der Waals surface area contributed by atoms with Crippen molar-refractivity contribution < 1.29 is 14.7 Å². The first-order chi connectivity index (χ1) is 9.65. The summed E-state index contributed by atoms with van der Waals surface area (Å²) in [5, 5.41) is 14.7. The molecule has 0 aromatic heterocycles. The van der Waals surface area contributed by atoms with E-state index in [2.05, 4.69) is 10.6 Å². The zero-order valence-electron chi connectivity index (χ0n) is 11.1. The minimum atomic E-state index is -0.978. The summed E-state index contributed by atoms with van der Waals surface area (Å²) in [4.78, 5) is 22.4. The van der Waals surface area contributed by atoms with Crippen molar-refractivity contribution in [1.29, 1.82) is 0 Å². The number of carbonyl (C=O) groups excluding carboxylic acids is 1. The molecule has 1 aromatic carbocycles. The molecule has 106 valence electrons. The molecule has 0 radical (unpaired) electrons. The Morgan fingerprint density at radius 3 is 2.45 bits per heavy atom. The second-order valence-corrected chi connectivity index (χ2v) is 4.81. The molecule has 0 aliphatic carbocycles. The normalized spacial score (nSPS) is 16.2. The van der Waals surface area contributed by atoms with Gasteiger partial charge < -0.3 is 15.7 Å². The Kier molecular flexibility index (Phi) is 4.90. The lowest BCUT2D eigenvalue weighted by atomic mass is 9.97. The third kappa shape index (κ3) is 4.20. The van der Waals surface area contributed by atoms with Crippen molar-refractivity contribution in [2.24, 2.45) is 5.92 Å². The molecule has 1 aliphatic rings. The Morgan fingerprint density at radius 2 is 1.85 bits per heavy atom. The largest absolute Gasteiger partial charge is 0.478 e. The maximum Gasteiger partial charge on any atom is 0.328 e. The van der Waals surface area contributed by atoms with Crippen LogP contribution < -0.4 is 10.6 Å². The van der Waals surface area contributed by atoms with Crippen LogP contribution in [0.1, 0.15) is 18.4 Å². The van der Waals surface area contributed by atoms with E-state index in [1.807, 2.05) is 0 Å². The standard InChI is InChI=1S/C15H18N2O3/c18-14(19)6-3-11-1-4-13(5-2-11)17-15(20)12-7-9-16-10-8-12/h1-6,12,16H,7-10H2,(H,17,20)(H,18,19)/b6-3+. The monoisotopic (exact) mass is 274 g/mol. The van der Waals surface area contributed by atoms with E-state index in [-0.39, 0.29) is 11.8 Å². The maximum atomic E-state index is 12.0. The van der Waals surface area contributed by atoms with Crippen LogP contribution in [0, 0.1) is 5.92 Å². The van der Waals surface area contributed by atoms with E-state index in [1.165, 1.54) is 6.08 Å². The van der Waals surface area contributed by atoms with Crippen LogP contribution in [0.5, 0.6) is 0 Å². The number of benzene rings is 1. The van der Waals surface area contributed by atoms with Crippen molar-refractivity contribution in [2.45, 2.75) is 12.8 Å². The van der Waals surface area contributed by atoms with Crippen LogP contribution in [-0.4, -0.2) is 30.1 Å². The molecule has 1 aromatic rings. The predicted molar refractivity (Wildman–Crippen MR) is 77.3 cm³/mol. The van der Waals surface area contributed by atoms with E-state index in [0.717, 1.165) is 43.3 Å². The highest BCUT2D eigenvalue weighted by Gasteiger charge is 2.20. The first-order valence-electron chi connectivity index (χ1n) is 6.68. The van der Waals surface area contributed by atoms with Crippen molar-refractivity contribution >= 4 is 23.6 Å². The number of carboxylic acid groups (broad SMARTS) is 1. The minimum absolute atomic E-state index is 0.0559. The molecule has 1 fully saturated rings. The topological polar surface area (TPSA) is 78.4 Å². The summed E-state index contributed by atoms with van der Waals surface area (Å²) in [6.45, 7) is 1.77. The summed E-state index contributed by atoms with van der Waals surface area (Å²) in [6, 6.07) is 7.11. The minimum Gasteiger partial charge on any atom is -0.478 e. The van der Waals surface area contributed by atoms with Gasteiger partial charge in [-0.05, 0) is 49.7 Å². The number of carbonyl (C=O) groups is 2. The lowest BCUT2D eigenvalue weighted by Crippen LogP contribution is -2.34. The fourth-order valence-electron chi connectivity index (χ4n) is 2.17. The molecule has 0 bridgehead atoms. The fourth-order valence-corrected chi connectivity index (χ4v) is 2.17. The molecule has 0 atom stereocenters. The molecule has 20 heavy (non-hydrogen) atoms. The Labute approximate surface area is 117 Å². The van der Waals surface area contributed by atoms with Crippen LogP contribution in [-0.2, 0) is 9.59 Å². The Morgan fingerprint density at radius 1 is 1.20 bits per heavy atom. The highest BCUT2D eigenvalue weighted by atomic mass is 16.4. The molecule has 5 heteroatoms. The Bertz CT molecular complexity index is 502. The molecule has 1 amide bonds. The first kappa shape index (κ1) is 14.3. The number of nitrogens with one attached hydrogen (secondary N) is 2. The van der Waals surface area contributed by atoms with Gasteiger partial charge in [-0.15, -0.1) is 0 Å². The van der Waals surface area contributed by atoms with Gasteiger partial charge in [-0.3, -0.25) is 4.79 Å². The molecule has 1 aliphatic heterocycles. The van der Waals surface area contributed by atoms with Crippen molar-refractivity contribution in [3.8, 4) is 0 Å². The summed E-state index contributed by atoms with van der Waals surface area (Å²) in [5.74, 6) is -0.851. The Balaban J connectivity index is 1.92. The third-order valence-electron chi connectivity index (χ3n) is 3.31. The molecule has 5 nitrogen and oxygen atoms in total. The van der Waals surface area contributed by atoms with Crippen molar-refractivity contribution in [3.63, 3.8) is 0 Å². The molecule has 1 saturated heterocycles. The summed E-state index contributed by atoms with van der Waals surface area (Å²) in [6.07, 6.45) is 4.33. The smallest absolute Gasteiger partial charge is 0.328 e. The molecule has 1 heterocycles. The number of piperidine rings is 1. The first-order valence-corrected chi connectivity index (χ1v) is 6.68. The van der Waals surface area contributed by atoms with Crippen LogP contribution >= 0.6 is 0 Å². The van der Waals surface area contributed by atoms with Crippen molar-refractivity contribution in [1.82, 2.24) is 5.32 Å². The summed E-state index contributed by atoms with van der Waals surface area (Å²) >= 11 is 0. The summed E-state index contributed by atoms with van der Waals surface area (Å²) in [7, 11) is 0. The van der Waals surface area contributed by atoms with Gasteiger partial charge in [-0.25, -0.2) is 4.79 Å². The number of rotatable bonds is 4. The lowest BCUT2D eigenvalue weighted by molar-refractivity contribution is -0.131. The predicted octanol–water partition coefficient (Wildman–Crippen LogP) is 1.72. The van der Waals surface area contributed by atoms with Gasteiger partial charge in [0, 0.05) is 17.7 Å². The van der Waals surface area contributed by atoms with Crippen LogP contribution in [0.3, 0.4) is 0 Å². The van der Waals surface area contributed by atoms with E-state index in [1.54, 1.807) is 24.3 Å². The van der Waals surface area contributed by atoms with Crippen molar-refractivity contribution in [3.05, 3.63) is 35.9 Å². The maximum absolute atomic E-state index is 12.0. The van der Waals surface area contributed by atoms with Gasteiger partial charge in [-0.1, -0.05) is 12.1 Å². The number of carboxylic acids is 1. The molecule has 0 unspecified atom stereocenters. The van der Waals surface area contributed by atoms with Crippen LogP contribution in [0.15, 0.2) is 30.3 Å². The number of hydrogen-bond acceptors (Lipinski definition) is 3. The zero-order chi connectivity index (χ0) is 14.4. The second kappa shape index (κ2) is 6.86. The van der Waals surface area contributed by atoms with Gasteiger partial charge in [0.2, 0.25) is 5.91 Å². The average Bonchev–Trinajstić information content (AvgIpc) is 2.47. The lowest BCUT2D eigenvalue weighted by Gasteiger charge is -2.21. The highest BCUT2D eigenvalue weighted by Crippen LogP contribution is 2.16. The number of hydrogen-bond donors (Lipinski definition) is 3. The van der Waals surface area contributed by atoms with Crippen LogP contribution in [0.4, 0.5) is 5.69 Å². The SMILES string of the molecule is O=C(O)/C=C/c1ccc(NC(=O)C2CCNCC2)cc1. The van der Waals surface area contributed by atoms with Crippen LogP contribution in [0.25, 0.3) is 6.08 Å². The molecular weight excluding hydrogens is 256 g/mol. The number of anilines is 1. The van der Waals surface area contributed by atoms with Gasteiger partial charge in [0.25, 0.3) is 0 Å². The quantitative estimate of drug-likeness (QED) is 0.731. The Hall–Kier alpha value is -2.14. The van der Waals surface area contributed by atoms with Gasteiger partial charge >= 0.3 is 5.97 Å². The highest BCUT2D eigenvalue weighted by molar-refractivity contribution is 5.92. The van der Waals surface area contributed by atoms with E-state index in [4.69, 9.17) is 5.11 Å². The zero-order valence-corrected chi connectivity index (χ0v) is 11.1. The van der Waals surface area contributed by atoms with Gasteiger partial charge in [0.1, 0.15) is 0 Å². The van der Waals surface area contributed by atoms with Gasteiger partial charge in [0.15, 0.2) is 0 Å². The van der Waals surface area contributed by atoms with E-state index < -0.39 is 5.97 Å². The third-order valence-corrected chi connectivity index (χ3v) is 3.31.